The first-order chi connectivity index (χ1) is 4.46. The van der Waals surface area contributed by atoms with Crippen LogP contribution in [0, 0.1) is 5.41 Å². The highest BCUT2D eigenvalue weighted by Crippen LogP contribution is 2.32. The number of carbonyl (C=O) groups excluding carboxylic acids is 2. The van der Waals surface area contributed by atoms with Gasteiger partial charge in [0.1, 0.15) is 0 Å². The molecule has 54 valence electrons. The second kappa shape index (κ2) is 2.02. The van der Waals surface area contributed by atoms with Crippen LogP contribution in [0.1, 0.15) is 13.8 Å². The van der Waals surface area contributed by atoms with Crippen molar-refractivity contribution < 1.29 is 9.59 Å². The van der Waals surface area contributed by atoms with Crippen LogP contribution in [0.15, 0.2) is 10.6 Å². The molecule has 0 aliphatic heterocycles. The van der Waals surface area contributed by atoms with E-state index in [-0.39, 0.29) is 11.6 Å². The summed E-state index contributed by atoms with van der Waals surface area (Å²) in [6, 6.07) is 0. The van der Waals surface area contributed by atoms with Gasteiger partial charge in [0.05, 0.1) is 9.90 Å². The van der Waals surface area contributed by atoms with Crippen molar-refractivity contribution in [1.29, 1.82) is 0 Å². The molecule has 0 heterocycles. The third kappa shape index (κ3) is 0.850. The molecule has 3 heteroatoms. The molecule has 0 bridgehead atoms. The summed E-state index contributed by atoms with van der Waals surface area (Å²) in [5, 5.41) is 0. The number of carbonyl (C=O) groups is 2. The zero-order valence-corrected chi connectivity index (χ0v) is 7.36. The molecule has 10 heavy (non-hydrogen) atoms. The molecule has 0 spiro atoms. The summed E-state index contributed by atoms with van der Waals surface area (Å²) in [6.45, 7) is 3.25. The van der Waals surface area contributed by atoms with Gasteiger partial charge >= 0.3 is 0 Å². The molecular weight excluding hydrogens is 196 g/mol. The van der Waals surface area contributed by atoms with Crippen molar-refractivity contribution in [2.75, 3.05) is 0 Å². The lowest BCUT2D eigenvalue weighted by atomic mass is 9.89. The van der Waals surface area contributed by atoms with E-state index in [2.05, 4.69) is 15.9 Å². The van der Waals surface area contributed by atoms with Gasteiger partial charge in [0, 0.05) is 0 Å². The predicted octanol–water partition coefficient (Wildman–Crippen LogP) is 1.44. The lowest BCUT2D eigenvalue weighted by molar-refractivity contribution is -0.131. The standard InChI is InChI=1S/C7H7BrO2/c1-7(2)5(9)3-4(8)6(7)10/h3H,1-2H3. The van der Waals surface area contributed by atoms with Gasteiger partial charge in [0.15, 0.2) is 11.6 Å². The average molecular weight is 203 g/mol. The molecule has 0 fully saturated rings. The summed E-state index contributed by atoms with van der Waals surface area (Å²) in [5.41, 5.74) is -0.834. The van der Waals surface area contributed by atoms with Crippen LogP contribution in [0.5, 0.6) is 0 Å². The van der Waals surface area contributed by atoms with E-state index in [1.54, 1.807) is 13.8 Å². The minimum absolute atomic E-state index is 0.121. The normalized spacial score (nSPS) is 23.3. The van der Waals surface area contributed by atoms with Crippen LogP contribution in [0.3, 0.4) is 0 Å². The van der Waals surface area contributed by atoms with Gasteiger partial charge in [-0.15, -0.1) is 0 Å². The van der Waals surface area contributed by atoms with Crippen LogP contribution >= 0.6 is 15.9 Å². The molecule has 0 N–H and O–H groups in total. The first-order valence-electron chi connectivity index (χ1n) is 2.92. The van der Waals surface area contributed by atoms with Gasteiger partial charge in [0.2, 0.25) is 0 Å². The molecule has 1 rings (SSSR count). The minimum Gasteiger partial charge on any atom is -0.294 e. The van der Waals surface area contributed by atoms with Crippen molar-refractivity contribution in [3.8, 4) is 0 Å². The van der Waals surface area contributed by atoms with E-state index in [1.807, 2.05) is 0 Å². The molecule has 0 saturated carbocycles. The van der Waals surface area contributed by atoms with E-state index in [1.165, 1.54) is 6.08 Å². The third-order valence-corrected chi connectivity index (χ3v) is 2.25. The number of hydrogen-bond donors (Lipinski definition) is 0. The van der Waals surface area contributed by atoms with Crippen molar-refractivity contribution in [2.45, 2.75) is 13.8 Å². The van der Waals surface area contributed by atoms with E-state index >= 15 is 0 Å². The number of ketones is 2. The first-order valence-corrected chi connectivity index (χ1v) is 3.72. The zero-order chi connectivity index (χ0) is 7.94. The average Bonchev–Trinajstić information content (AvgIpc) is 1.97. The highest BCUT2D eigenvalue weighted by atomic mass is 79.9. The van der Waals surface area contributed by atoms with Crippen LogP contribution in [0.4, 0.5) is 0 Å². The number of halogens is 1. The quantitative estimate of drug-likeness (QED) is 0.558. The van der Waals surface area contributed by atoms with E-state index in [9.17, 15) is 9.59 Å². The van der Waals surface area contributed by atoms with Crippen molar-refractivity contribution in [2.24, 2.45) is 5.41 Å². The Kier molecular flexibility index (Phi) is 1.55. The summed E-state index contributed by atoms with van der Waals surface area (Å²) in [5.74, 6) is -0.248. The molecule has 1 aliphatic rings. The summed E-state index contributed by atoms with van der Waals surface area (Å²) < 4.78 is 0.391. The summed E-state index contributed by atoms with van der Waals surface area (Å²) in [4.78, 5) is 22.1. The second-order valence-electron chi connectivity index (χ2n) is 2.81. The monoisotopic (exact) mass is 202 g/mol. The van der Waals surface area contributed by atoms with Crippen LogP contribution < -0.4 is 0 Å². The van der Waals surface area contributed by atoms with Gasteiger partial charge in [0.25, 0.3) is 0 Å². The van der Waals surface area contributed by atoms with Gasteiger partial charge in [-0.05, 0) is 35.9 Å². The van der Waals surface area contributed by atoms with Crippen molar-refractivity contribution in [3.05, 3.63) is 10.6 Å². The summed E-state index contributed by atoms with van der Waals surface area (Å²) >= 11 is 3.01. The Labute approximate surface area is 67.4 Å². The number of allylic oxidation sites excluding steroid dienone is 2. The smallest absolute Gasteiger partial charge is 0.183 e. The molecule has 0 amide bonds. The fourth-order valence-electron chi connectivity index (χ4n) is 0.771. The van der Waals surface area contributed by atoms with E-state index in [0.717, 1.165) is 0 Å². The highest BCUT2D eigenvalue weighted by molar-refractivity contribution is 9.12. The molecule has 1 aliphatic carbocycles. The number of Topliss-reactive ketones (excluding diaryl/α,β-unsaturated/α-hetero) is 1. The molecule has 0 aromatic heterocycles. The lowest BCUT2D eigenvalue weighted by Gasteiger charge is -2.11. The number of rotatable bonds is 0. The van der Waals surface area contributed by atoms with Crippen LogP contribution in [0.25, 0.3) is 0 Å². The van der Waals surface area contributed by atoms with Gasteiger partial charge in [-0.3, -0.25) is 9.59 Å². The van der Waals surface area contributed by atoms with Gasteiger partial charge < -0.3 is 0 Å². The van der Waals surface area contributed by atoms with Crippen LogP contribution in [-0.2, 0) is 9.59 Å². The zero-order valence-electron chi connectivity index (χ0n) is 5.77. The van der Waals surface area contributed by atoms with Crippen molar-refractivity contribution >= 4 is 27.5 Å². The topological polar surface area (TPSA) is 34.1 Å². The van der Waals surface area contributed by atoms with Crippen molar-refractivity contribution in [3.63, 3.8) is 0 Å². The predicted molar refractivity (Wildman–Crippen MR) is 40.8 cm³/mol. The van der Waals surface area contributed by atoms with E-state index in [0.29, 0.717) is 4.48 Å². The molecule has 0 atom stereocenters. The third-order valence-electron chi connectivity index (χ3n) is 1.66. The fraction of sp³-hybridized carbons (Fsp3) is 0.429. The first kappa shape index (κ1) is 7.66. The fourth-order valence-corrected chi connectivity index (χ4v) is 1.48. The number of hydrogen-bond acceptors (Lipinski definition) is 2. The Balaban J connectivity index is 3.10. The second-order valence-corrected chi connectivity index (χ2v) is 3.66. The van der Waals surface area contributed by atoms with Gasteiger partial charge in [-0.1, -0.05) is 0 Å². The molecule has 0 aromatic rings. The lowest BCUT2D eigenvalue weighted by Crippen LogP contribution is -2.26. The van der Waals surface area contributed by atoms with Gasteiger partial charge in [-0.2, -0.15) is 0 Å². The molecule has 2 nitrogen and oxygen atoms in total. The maximum atomic E-state index is 11.1. The maximum absolute atomic E-state index is 11.1. The molecule has 0 unspecified atom stereocenters. The molecular formula is C7H7BrO2. The Morgan fingerprint density at radius 1 is 1.40 bits per heavy atom. The van der Waals surface area contributed by atoms with Crippen LogP contribution in [0.2, 0.25) is 0 Å². The summed E-state index contributed by atoms with van der Waals surface area (Å²) in [6.07, 6.45) is 1.34. The Morgan fingerprint density at radius 2 is 1.90 bits per heavy atom. The summed E-state index contributed by atoms with van der Waals surface area (Å²) in [7, 11) is 0. The molecule has 0 saturated heterocycles. The Hall–Kier alpha value is -0.440. The molecule has 0 aromatic carbocycles. The maximum Gasteiger partial charge on any atom is 0.183 e. The van der Waals surface area contributed by atoms with Crippen molar-refractivity contribution in [1.82, 2.24) is 0 Å². The van der Waals surface area contributed by atoms with Gasteiger partial charge in [-0.25, -0.2) is 0 Å². The Morgan fingerprint density at radius 3 is 2.00 bits per heavy atom. The van der Waals surface area contributed by atoms with E-state index < -0.39 is 5.41 Å². The van der Waals surface area contributed by atoms with Crippen LogP contribution in [-0.4, -0.2) is 11.6 Å². The van der Waals surface area contributed by atoms with E-state index in [4.69, 9.17) is 0 Å². The Bertz CT molecular complexity index is 238. The minimum atomic E-state index is -0.834. The molecule has 0 radical (unpaired) electrons. The SMILES string of the molecule is CC1(C)C(=O)C=C(Br)C1=O. The largest absolute Gasteiger partial charge is 0.294 e. The highest BCUT2D eigenvalue weighted by Gasteiger charge is 2.41.